The van der Waals surface area contributed by atoms with Crippen LogP contribution < -0.4 is 10.6 Å². The molecule has 3 aliphatic heterocycles. The predicted octanol–water partition coefficient (Wildman–Crippen LogP) is 1.88. The van der Waals surface area contributed by atoms with E-state index in [2.05, 4.69) is 15.5 Å². The molecule has 0 spiro atoms. The topological polar surface area (TPSA) is 81.8 Å². The summed E-state index contributed by atoms with van der Waals surface area (Å²) in [4.78, 5) is 41.0. The summed E-state index contributed by atoms with van der Waals surface area (Å²) in [6, 6.07) is 8.76. The van der Waals surface area contributed by atoms with Crippen LogP contribution in [-0.4, -0.2) is 59.4 Å². The van der Waals surface area contributed by atoms with Gasteiger partial charge in [-0.3, -0.25) is 14.5 Å². The minimum Gasteiger partial charge on any atom is -0.356 e. The first-order valence-corrected chi connectivity index (χ1v) is 10.8. The highest BCUT2D eigenvalue weighted by atomic mass is 16.2. The van der Waals surface area contributed by atoms with Crippen LogP contribution in [-0.2, 0) is 16.1 Å². The Labute approximate surface area is 171 Å². The molecule has 4 amide bonds. The molecule has 4 rings (SSSR count). The third kappa shape index (κ3) is 4.61. The SMILES string of the molecule is O=C(C[C@@H]1NC(=O)N(Cc2ccccc2)C1=O)NC[C@H]1CCCN2CCCC[C@@H]12. The molecule has 0 saturated carbocycles. The van der Waals surface area contributed by atoms with Crippen molar-refractivity contribution in [1.29, 1.82) is 0 Å². The molecule has 3 atom stereocenters. The van der Waals surface area contributed by atoms with Gasteiger partial charge in [-0.1, -0.05) is 36.8 Å². The zero-order valence-electron chi connectivity index (χ0n) is 16.8. The van der Waals surface area contributed by atoms with Crippen LogP contribution in [0.1, 0.15) is 44.1 Å². The number of nitrogens with zero attached hydrogens (tertiary/aromatic N) is 2. The van der Waals surface area contributed by atoms with E-state index in [1.165, 1.54) is 43.7 Å². The van der Waals surface area contributed by atoms with Crippen molar-refractivity contribution < 1.29 is 14.4 Å². The van der Waals surface area contributed by atoms with E-state index < -0.39 is 12.1 Å². The predicted molar refractivity (Wildman–Crippen MR) is 109 cm³/mol. The van der Waals surface area contributed by atoms with Crippen LogP contribution in [0.15, 0.2) is 30.3 Å². The van der Waals surface area contributed by atoms with Crippen molar-refractivity contribution in [2.75, 3.05) is 19.6 Å². The van der Waals surface area contributed by atoms with Crippen LogP contribution in [0.2, 0.25) is 0 Å². The minimum atomic E-state index is -0.774. The fourth-order valence-electron chi connectivity index (χ4n) is 4.95. The largest absolute Gasteiger partial charge is 0.356 e. The van der Waals surface area contributed by atoms with Gasteiger partial charge in [0.05, 0.1) is 13.0 Å². The number of hydrogen-bond donors (Lipinski definition) is 2. The highest BCUT2D eigenvalue weighted by molar-refractivity contribution is 6.05. The van der Waals surface area contributed by atoms with Crippen molar-refractivity contribution in [3.05, 3.63) is 35.9 Å². The monoisotopic (exact) mass is 398 g/mol. The number of benzene rings is 1. The Bertz CT molecular complexity index is 752. The first-order chi connectivity index (χ1) is 14.1. The molecule has 3 heterocycles. The van der Waals surface area contributed by atoms with E-state index in [1.54, 1.807) is 0 Å². The molecule has 1 aromatic rings. The second-order valence-electron chi connectivity index (χ2n) is 8.42. The number of hydrogen-bond acceptors (Lipinski definition) is 4. The van der Waals surface area contributed by atoms with E-state index in [4.69, 9.17) is 0 Å². The number of carbonyl (C=O) groups is 3. The number of carbonyl (C=O) groups excluding carboxylic acids is 3. The maximum absolute atomic E-state index is 12.6. The summed E-state index contributed by atoms with van der Waals surface area (Å²) in [5.41, 5.74) is 0.885. The third-order valence-electron chi connectivity index (χ3n) is 6.47. The maximum Gasteiger partial charge on any atom is 0.325 e. The van der Waals surface area contributed by atoms with E-state index in [9.17, 15) is 14.4 Å². The summed E-state index contributed by atoms with van der Waals surface area (Å²) >= 11 is 0. The molecular formula is C22H30N4O3. The Morgan fingerprint density at radius 3 is 2.69 bits per heavy atom. The van der Waals surface area contributed by atoms with Crippen molar-refractivity contribution in [1.82, 2.24) is 20.4 Å². The molecule has 156 valence electrons. The summed E-state index contributed by atoms with van der Waals surface area (Å²) in [5.74, 6) is -0.0141. The lowest BCUT2D eigenvalue weighted by Crippen LogP contribution is -2.51. The van der Waals surface area contributed by atoms with Gasteiger partial charge in [-0.2, -0.15) is 0 Å². The number of piperidine rings is 2. The van der Waals surface area contributed by atoms with Crippen LogP contribution >= 0.6 is 0 Å². The van der Waals surface area contributed by atoms with E-state index in [-0.39, 0.29) is 24.8 Å². The normalized spacial score (nSPS) is 27.4. The lowest BCUT2D eigenvalue weighted by Gasteiger charge is -2.44. The summed E-state index contributed by atoms with van der Waals surface area (Å²) in [5, 5.41) is 5.68. The Morgan fingerprint density at radius 2 is 1.86 bits per heavy atom. The molecule has 7 nitrogen and oxygen atoms in total. The standard InChI is InChI=1S/C22H30N4O3/c27-20(23-14-17-9-6-12-25-11-5-4-10-19(17)25)13-18-21(28)26(22(29)24-18)15-16-7-2-1-3-8-16/h1-3,7-8,17-19H,4-6,9-15H2,(H,23,27)(H,24,29)/t17-,18+,19+/m1/s1. The first-order valence-electron chi connectivity index (χ1n) is 10.8. The second-order valence-corrected chi connectivity index (χ2v) is 8.42. The van der Waals surface area contributed by atoms with Gasteiger partial charge in [0, 0.05) is 12.6 Å². The van der Waals surface area contributed by atoms with Crippen molar-refractivity contribution in [2.24, 2.45) is 5.92 Å². The maximum atomic E-state index is 12.6. The first kappa shape index (κ1) is 19.9. The van der Waals surface area contributed by atoms with Gasteiger partial charge in [0.25, 0.3) is 5.91 Å². The lowest BCUT2D eigenvalue weighted by molar-refractivity contribution is -0.131. The number of rotatable bonds is 6. The second kappa shape index (κ2) is 8.95. The Balaban J connectivity index is 1.27. The van der Waals surface area contributed by atoms with Gasteiger partial charge in [-0.15, -0.1) is 0 Å². The van der Waals surface area contributed by atoms with Crippen molar-refractivity contribution in [3.8, 4) is 0 Å². The summed E-state index contributed by atoms with van der Waals surface area (Å²) < 4.78 is 0. The number of fused-ring (bicyclic) bond motifs is 1. The molecule has 7 heteroatoms. The van der Waals surface area contributed by atoms with Crippen molar-refractivity contribution in [3.63, 3.8) is 0 Å². The van der Waals surface area contributed by atoms with Crippen molar-refractivity contribution in [2.45, 2.75) is 57.2 Å². The zero-order chi connectivity index (χ0) is 20.2. The Kier molecular flexibility index (Phi) is 6.13. The van der Waals surface area contributed by atoms with Gasteiger partial charge in [0.1, 0.15) is 6.04 Å². The van der Waals surface area contributed by atoms with Crippen LogP contribution in [0.3, 0.4) is 0 Å². The van der Waals surface area contributed by atoms with Gasteiger partial charge < -0.3 is 15.5 Å². The fraction of sp³-hybridized carbons (Fsp3) is 0.591. The Hall–Kier alpha value is -2.41. The fourth-order valence-corrected chi connectivity index (χ4v) is 4.95. The summed E-state index contributed by atoms with van der Waals surface area (Å²) in [7, 11) is 0. The molecule has 1 aromatic carbocycles. The molecule has 2 N–H and O–H groups in total. The molecule has 3 aliphatic rings. The average molecular weight is 399 g/mol. The van der Waals surface area contributed by atoms with Crippen molar-refractivity contribution >= 4 is 17.8 Å². The van der Waals surface area contributed by atoms with Gasteiger partial charge >= 0.3 is 6.03 Å². The molecule has 0 unspecified atom stereocenters. The average Bonchev–Trinajstić information content (AvgIpc) is 3.00. The molecule has 0 radical (unpaired) electrons. The van der Waals surface area contributed by atoms with E-state index in [1.807, 2.05) is 30.3 Å². The van der Waals surface area contributed by atoms with Gasteiger partial charge in [0.15, 0.2) is 0 Å². The van der Waals surface area contributed by atoms with Gasteiger partial charge in [-0.25, -0.2) is 4.79 Å². The highest BCUT2D eigenvalue weighted by Gasteiger charge is 2.39. The molecule has 29 heavy (non-hydrogen) atoms. The minimum absolute atomic E-state index is 0.00301. The van der Waals surface area contributed by atoms with Gasteiger partial charge in [-0.05, 0) is 50.3 Å². The van der Waals surface area contributed by atoms with Crippen LogP contribution in [0.5, 0.6) is 0 Å². The Morgan fingerprint density at radius 1 is 1.07 bits per heavy atom. The van der Waals surface area contributed by atoms with Crippen LogP contribution in [0.25, 0.3) is 0 Å². The quantitative estimate of drug-likeness (QED) is 0.717. The van der Waals surface area contributed by atoms with Gasteiger partial charge in [0.2, 0.25) is 5.91 Å². The summed E-state index contributed by atoms with van der Waals surface area (Å²) in [6.07, 6.45) is 6.08. The molecule has 0 aromatic heterocycles. The van der Waals surface area contributed by atoms with Crippen LogP contribution in [0, 0.1) is 5.92 Å². The number of nitrogens with one attached hydrogen (secondary N) is 2. The smallest absolute Gasteiger partial charge is 0.325 e. The molecule has 0 bridgehead atoms. The zero-order valence-corrected chi connectivity index (χ0v) is 16.8. The molecule has 3 fully saturated rings. The number of imide groups is 1. The highest BCUT2D eigenvalue weighted by Crippen LogP contribution is 2.30. The third-order valence-corrected chi connectivity index (χ3v) is 6.47. The van der Waals surface area contributed by atoms with E-state index in [0.717, 1.165) is 12.0 Å². The number of amides is 4. The summed E-state index contributed by atoms with van der Waals surface area (Å²) in [6.45, 7) is 3.23. The van der Waals surface area contributed by atoms with E-state index >= 15 is 0 Å². The lowest BCUT2D eigenvalue weighted by atomic mass is 9.83. The van der Waals surface area contributed by atoms with Crippen LogP contribution in [0.4, 0.5) is 4.79 Å². The molecular weight excluding hydrogens is 368 g/mol. The molecule has 3 saturated heterocycles. The molecule has 0 aliphatic carbocycles. The number of urea groups is 1. The van der Waals surface area contributed by atoms with E-state index in [0.29, 0.717) is 18.5 Å².